The van der Waals surface area contributed by atoms with E-state index in [4.69, 9.17) is 9.64 Å². The van der Waals surface area contributed by atoms with Crippen molar-refractivity contribution < 1.29 is 7.59 Å². The molecule has 0 aliphatic carbocycles. The van der Waals surface area contributed by atoms with Crippen LogP contribution >= 0.6 is 0 Å². The normalized spacial score (nSPS) is 8.40. The van der Waals surface area contributed by atoms with E-state index in [1.54, 1.807) is 0 Å². The zero-order valence-corrected chi connectivity index (χ0v) is 10.7. The van der Waals surface area contributed by atoms with Crippen LogP contribution in [0, 0.1) is 22.3 Å². The van der Waals surface area contributed by atoms with Crippen molar-refractivity contribution in [2.24, 2.45) is 0 Å². The fourth-order valence-electron chi connectivity index (χ4n) is 0.459. The molecule has 0 fully saturated rings. The number of rotatable bonds is 3. The second-order valence-corrected chi connectivity index (χ2v) is 3.56. The fraction of sp³-hybridized carbons (Fsp3) is 0.818. The van der Waals surface area contributed by atoms with Crippen LogP contribution in [0.5, 0.6) is 0 Å². The number of ether oxygens (including phenoxy) is 1. The lowest BCUT2D eigenvalue weighted by atomic mass is 10.2. The molecule has 0 amide bonds. The molecular weight excluding hydrogens is 192 g/mol. The van der Waals surface area contributed by atoms with Crippen molar-refractivity contribution >= 4 is 0 Å². The van der Waals surface area contributed by atoms with Gasteiger partial charge in [-0.15, -0.1) is 11.8 Å². The third kappa shape index (κ3) is 43.4. The molecular formula is C11H28N2O2. The quantitative estimate of drug-likeness (QED) is 0.437. The minimum absolute atomic E-state index is 0. The van der Waals surface area contributed by atoms with Crippen LogP contribution in [0.25, 0.3) is 0 Å². The molecule has 0 aromatic carbocycles. The molecule has 0 radical (unpaired) electrons. The van der Waals surface area contributed by atoms with Gasteiger partial charge in [0.2, 0.25) is 0 Å². The second-order valence-electron chi connectivity index (χ2n) is 3.56. The summed E-state index contributed by atoms with van der Waals surface area (Å²) in [6.07, 6.45) is 0. The highest BCUT2D eigenvalue weighted by Gasteiger charge is 2.07. The minimum Gasteiger partial charge on any atom is -0.375 e. The zero-order chi connectivity index (χ0) is 12.7. The molecule has 94 valence electrons. The average molecular weight is 220 g/mol. The van der Waals surface area contributed by atoms with Crippen LogP contribution in [0.3, 0.4) is 0 Å². The van der Waals surface area contributed by atoms with E-state index in [-0.39, 0.29) is 8.45 Å². The molecule has 0 atom stereocenters. The first-order valence-electron chi connectivity index (χ1n) is 4.80. The summed E-state index contributed by atoms with van der Waals surface area (Å²) in [7, 11) is 1.92. The number of hydrogen-bond donors (Lipinski definition) is 2. The zero-order valence-electron chi connectivity index (χ0n) is 10.7. The van der Waals surface area contributed by atoms with Gasteiger partial charge in [-0.1, -0.05) is 5.59 Å². The van der Waals surface area contributed by atoms with Crippen molar-refractivity contribution in [2.75, 3.05) is 20.2 Å². The lowest BCUT2D eigenvalue weighted by Gasteiger charge is -2.18. The van der Waals surface area contributed by atoms with Gasteiger partial charge >= 0.3 is 0 Å². The van der Waals surface area contributed by atoms with E-state index < -0.39 is 0 Å². The monoisotopic (exact) mass is 220 g/mol. The Kier molecular flexibility index (Phi) is 20.3. The molecule has 4 nitrogen and oxygen atoms in total. The maximum Gasteiger partial charge on any atom is 0.0599 e. The predicted molar refractivity (Wildman–Crippen MR) is 69.1 cm³/mol. The van der Waals surface area contributed by atoms with Gasteiger partial charge in [0.25, 0.3) is 0 Å². The Morgan fingerprint density at radius 3 is 1.87 bits per heavy atom. The number of hydrogen-bond acceptors (Lipinski definition) is 4. The molecule has 0 aliphatic heterocycles. The Labute approximate surface area is 96.5 Å². The highest BCUT2D eigenvalue weighted by atomic mass is 16.5. The maximum atomic E-state index is 7.50. The van der Waals surface area contributed by atoms with Crippen molar-refractivity contribution in [3.63, 3.8) is 0 Å². The van der Waals surface area contributed by atoms with Crippen molar-refractivity contribution in [1.29, 1.82) is 5.59 Å². The van der Waals surface area contributed by atoms with E-state index >= 15 is 0 Å². The summed E-state index contributed by atoms with van der Waals surface area (Å²) in [4.78, 5) is 7.50. The van der Waals surface area contributed by atoms with E-state index in [1.807, 2.05) is 20.9 Å². The van der Waals surface area contributed by atoms with Crippen molar-refractivity contribution in [2.45, 2.75) is 40.2 Å². The fourth-order valence-corrected chi connectivity index (χ4v) is 0.459. The predicted octanol–water partition coefficient (Wildman–Crippen LogP) is 2.87. The smallest absolute Gasteiger partial charge is 0.0599 e. The van der Waals surface area contributed by atoms with Gasteiger partial charge < -0.3 is 10.1 Å². The third-order valence-corrected chi connectivity index (χ3v) is 1.14. The molecule has 0 aromatic rings. The van der Waals surface area contributed by atoms with Gasteiger partial charge in [-0.2, -0.15) is 4.91 Å². The van der Waals surface area contributed by atoms with Crippen LogP contribution < -0.4 is 5.32 Å². The molecule has 0 saturated carbocycles. The second kappa shape index (κ2) is 15.5. The molecule has 0 spiro atoms. The van der Waals surface area contributed by atoms with E-state index in [9.17, 15) is 0 Å². The molecule has 0 saturated heterocycles. The van der Waals surface area contributed by atoms with Gasteiger partial charge in [0.15, 0.2) is 0 Å². The Morgan fingerprint density at radius 2 is 1.67 bits per heavy atom. The topological polar surface area (TPSA) is 62.2 Å². The maximum absolute atomic E-state index is 7.50. The van der Waals surface area contributed by atoms with Crippen LogP contribution in [0.1, 0.15) is 37.5 Å². The molecule has 0 bridgehead atoms. The van der Waals surface area contributed by atoms with Gasteiger partial charge in [-0.25, -0.2) is 0 Å². The van der Waals surface area contributed by atoms with Gasteiger partial charge in [-0.05, 0) is 41.7 Å². The van der Waals surface area contributed by atoms with Gasteiger partial charge in [0.05, 0.1) is 12.2 Å². The minimum atomic E-state index is 0. The Hall–Kier alpha value is -0.920. The molecule has 0 unspecified atom stereocenters. The SMILES string of the molecule is CC#CC.CNCCOC(C)(C)C.N=O.[HH].[HH]. The molecule has 2 N–H and O–H groups in total. The summed E-state index contributed by atoms with van der Waals surface area (Å²) in [5.74, 6) is 5.36. The first-order valence-corrected chi connectivity index (χ1v) is 4.80. The number of nitrogens with one attached hydrogen (secondary N) is 2. The third-order valence-electron chi connectivity index (χ3n) is 1.14. The summed E-state index contributed by atoms with van der Waals surface area (Å²) in [5, 5.41) is 3.02. The summed E-state index contributed by atoms with van der Waals surface area (Å²) >= 11 is 0. The molecule has 4 heteroatoms. The van der Waals surface area contributed by atoms with E-state index in [0.29, 0.717) is 0 Å². The first-order chi connectivity index (χ1) is 6.97. The van der Waals surface area contributed by atoms with Gasteiger partial charge in [-0.3, -0.25) is 0 Å². The number of likely N-dealkylation sites (N-methyl/N-ethyl adjacent to an activating group) is 1. The van der Waals surface area contributed by atoms with Gasteiger partial charge in [0.1, 0.15) is 0 Å². The molecule has 0 rings (SSSR count). The summed E-state index contributed by atoms with van der Waals surface area (Å²) < 4.78 is 5.41. The van der Waals surface area contributed by atoms with E-state index in [1.165, 1.54) is 0 Å². The van der Waals surface area contributed by atoms with E-state index in [0.717, 1.165) is 13.2 Å². The highest BCUT2D eigenvalue weighted by Crippen LogP contribution is 2.04. The van der Waals surface area contributed by atoms with Gasteiger partial charge in [0, 0.05) is 9.40 Å². The van der Waals surface area contributed by atoms with Crippen molar-refractivity contribution in [1.82, 2.24) is 5.32 Å². The largest absolute Gasteiger partial charge is 0.375 e. The Morgan fingerprint density at radius 1 is 1.27 bits per heavy atom. The summed E-state index contributed by atoms with van der Waals surface area (Å²) in [6, 6.07) is 0. The van der Waals surface area contributed by atoms with Crippen LogP contribution in [-0.2, 0) is 4.74 Å². The van der Waals surface area contributed by atoms with Crippen LogP contribution in [-0.4, -0.2) is 25.8 Å². The van der Waals surface area contributed by atoms with Crippen molar-refractivity contribution in [3.8, 4) is 11.8 Å². The standard InChI is InChI=1S/C7H17NO.C4H6.HNO.2H2/c1-7(2,3)9-6-5-8-4;1-3-4-2;1-2;;/h8H,5-6H2,1-4H3;1-2H3;1H;2*1H. The summed E-state index contributed by atoms with van der Waals surface area (Å²) in [5.41, 5.74) is 4.51. The lowest BCUT2D eigenvalue weighted by molar-refractivity contribution is -0.000211. The molecule has 0 aromatic heterocycles. The van der Waals surface area contributed by atoms with Crippen LogP contribution in [0.2, 0.25) is 0 Å². The molecule has 0 aliphatic rings. The molecule has 15 heavy (non-hydrogen) atoms. The Balaban J connectivity index is -0.0000000519. The van der Waals surface area contributed by atoms with Crippen LogP contribution in [0.15, 0.2) is 0 Å². The average Bonchev–Trinajstić information content (AvgIpc) is 2.20. The summed E-state index contributed by atoms with van der Waals surface area (Å²) in [6.45, 7) is 11.5. The first kappa shape index (κ1) is 19.6. The Bertz CT molecular complexity index is 169. The van der Waals surface area contributed by atoms with Crippen LogP contribution in [0.4, 0.5) is 0 Å². The highest BCUT2D eigenvalue weighted by molar-refractivity contribution is 4.89. The molecule has 0 heterocycles. The lowest BCUT2D eigenvalue weighted by Crippen LogP contribution is -2.24. The number of nitroso groups, excluding NO2 is 1. The van der Waals surface area contributed by atoms with Crippen molar-refractivity contribution in [3.05, 3.63) is 4.91 Å². The van der Waals surface area contributed by atoms with E-state index in [2.05, 4.69) is 43.5 Å².